The van der Waals surface area contributed by atoms with Gasteiger partial charge in [-0.15, -0.1) is 0 Å². The van der Waals surface area contributed by atoms with Gasteiger partial charge in [0.1, 0.15) is 0 Å². The van der Waals surface area contributed by atoms with Gasteiger partial charge in [0, 0.05) is 37.4 Å². The SMILES string of the molecule is CC/C=C\C/C=C\C/C=C\C/C=C\C/C=C\C/C=C\CCC(=O)NCCSSCCNC(=O)CCCC(O)CO. The maximum atomic E-state index is 11.9. The maximum absolute atomic E-state index is 11.9. The van der Waals surface area contributed by atoms with Crippen LogP contribution in [0.1, 0.15) is 77.6 Å². The highest BCUT2D eigenvalue weighted by atomic mass is 33.1. The van der Waals surface area contributed by atoms with Gasteiger partial charge in [-0.3, -0.25) is 9.59 Å². The van der Waals surface area contributed by atoms with Crippen molar-refractivity contribution in [1.82, 2.24) is 10.6 Å². The molecule has 6 nitrogen and oxygen atoms in total. The van der Waals surface area contributed by atoms with Crippen LogP contribution in [0.5, 0.6) is 0 Å². The third-order valence-corrected chi connectivity index (χ3v) is 7.79. The Hall–Kier alpha value is -2.00. The molecule has 0 bridgehead atoms. The van der Waals surface area contributed by atoms with Gasteiger partial charge in [0.15, 0.2) is 0 Å². The van der Waals surface area contributed by atoms with Gasteiger partial charge in [-0.25, -0.2) is 0 Å². The minimum atomic E-state index is -0.739. The number of hydrogen-bond donors (Lipinski definition) is 4. The summed E-state index contributed by atoms with van der Waals surface area (Å²) in [5.74, 6) is 1.66. The first-order chi connectivity index (χ1) is 19.6. The summed E-state index contributed by atoms with van der Waals surface area (Å²) in [7, 11) is 3.35. The molecule has 1 atom stereocenters. The summed E-state index contributed by atoms with van der Waals surface area (Å²) >= 11 is 0. The molecule has 0 spiro atoms. The van der Waals surface area contributed by atoms with Crippen LogP contribution in [0.2, 0.25) is 0 Å². The lowest BCUT2D eigenvalue weighted by Crippen LogP contribution is -2.26. The number of rotatable bonds is 26. The fraction of sp³-hybridized carbons (Fsp3) is 0.562. The van der Waals surface area contributed by atoms with Gasteiger partial charge in [-0.1, -0.05) is 101 Å². The molecule has 4 N–H and O–H groups in total. The average molecular weight is 593 g/mol. The Labute approximate surface area is 251 Å². The topological polar surface area (TPSA) is 98.7 Å². The number of allylic oxidation sites excluding steroid dienone is 12. The van der Waals surface area contributed by atoms with E-state index in [1.165, 1.54) is 0 Å². The molecule has 0 rings (SSSR count). The second kappa shape index (κ2) is 31.5. The summed E-state index contributed by atoms with van der Waals surface area (Å²) in [6, 6.07) is 0. The molecule has 0 aliphatic carbocycles. The van der Waals surface area contributed by atoms with Crippen molar-refractivity contribution in [3.63, 3.8) is 0 Å². The van der Waals surface area contributed by atoms with E-state index in [0.717, 1.165) is 56.5 Å². The molecular formula is C32H52N2O4S2. The van der Waals surface area contributed by atoms with Crippen LogP contribution in [0, 0.1) is 0 Å². The van der Waals surface area contributed by atoms with Crippen LogP contribution < -0.4 is 10.6 Å². The first-order valence-electron chi connectivity index (χ1n) is 14.6. The largest absolute Gasteiger partial charge is 0.394 e. The van der Waals surface area contributed by atoms with Gasteiger partial charge in [-0.05, 0) is 57.8 Å². The van der Waals surface area contributed by atoms with E-state index in [0.29, 0.717) is 38.8 Å². The van der Waals surface area contributed by atoms with E-state index in [-0.39, 0.29) is 18.4 Å². The van der Waals surface area contributed by atoms with Gasteiger partial charge in [-0.2, -0.15) is 0 Å². The lowest BCUT2D eigenvalue weighted by atomic mass is 10.1. The van der Waals surface area contributed by atoms with Crippen molar-refractivity contribution in [3.05, 3.63) is 72.9 Å². The van der Waals surface area contributed by atoms with E-state index in [2.05, 4.69) is 90.5 Å². The summed E-state index contributed by atoms with van der Waals surface area (Å²) in [4.78, 5) is 23.6. The smallest absolute Gasteiger partial charge is 0.220 e. The Bertz CT molecular complexity index is 792. The molecule has 0 aliphatic heterocycles. The summed E-state index contributed by atoms with van der Waals surface area (Å²) in [5.41, 5.74) is 0. The number of nitrogens with one attached hydrogen (secondary N) is 2. The average Bonchev–Trinajstić information content (AvgIpc) is 2.95. The molecule has 226 valence electrons. The molecule has 0 aromatic rings. The van der Waals surface area contributed by atoms with Gasteiger partial charge >= 0.3 is 0 Å². The summed E-state index contributed by atoms with van der Waals surface area (Å²) in [6.07, 6.45) is 33.9. The molecule has 1 unspecified atom stereocenters. The van der Waals surface area contributed by atoms with Gasteiger partial charge < -0.3 is 20.8 Å². The minimum Gasteiger partial charge on any atom is -0.394 e. The zero-order valence-corrected chi connectivity index (χ0v) is 26.0. The van der Waals surface area contributed by atoms with E-state index >= 15 is 0 Å². The van der Waals surface area contributed by atoms with Crippen molar-refractivity contribution in [1.29, 1.82) is 0 Å². The molecule has 0 saturated heterocycles. The van der Waals surface area contributed by atoms with Crippen LogP contribution in [0.15, 0.2) is 72.9 Å². The second-order valence-electron chi connectivity index (χ2n) is 9.03. The number of hydrogen-bond acceptors (Lipinski definition) is 6. The Morgan fingerprint density at radius 2 is 1.10 bits per heavy atom. The summed E-state index contributed by atoms with van der Waals surface area (Å²) < 4.78 is 0. The molecule has 0 aliphatic rings. The quantitative estimate of drug-likeness (QED) is 0.0513. The normalized spacial score (nSPS) is 13.2. The zero-order chi connectivity index (χ0) is 29.4. The predicted octanol–water partition coefficient (Wildman–Crippen LogP) is 6.60. The Kier molecular flexibility index (Phi) is 30.0. The van der Waals surface area contributed by atoms with E-state index in [9.17, 15) is 14.7 Å². The van der Waals surface area contributed by atoms with Gasteiger partial charge in [0.25, 0.3) is 0 Å². The molecule has 0 saturated carbocycles. The van der Waals surface area contributed by atoms with Crippen LogP contribution in [-0.2, 0) is 9.59 Å². The molecule has 40 heavy (non-hydrogen) atoms. The van der Waals surface area contributed by atoms with Crippen LogP contribution in [0.25, 0.3) is 0 Å². The lowest BCUT2D eigenvalue weighted by molar-refractivity contribution is -0.121. The monoisotopic (exact) mass is 592 g/mol. The first-order valence-corrected chi connectivity index (χ1v) is 17.1. The molecule has 0 fully saturated rings. The third-order valence-electron chi connectivity index (χ3n) is 5.38. The number of carbonyl (C=O) groups is 2. The van der Waals surface area contributed by atoms with Gasteiger partial charge in [0.2, 0.25) is 11.8 Å². The predicted molar refractivity (Wildman–Crippen MR) is 175 cm³/mol. The molecule has 0 aromatic carbocycles. The second-order valence-corrected chi connectivity index (χ2v) is 11.7. The molecule has 0 radical (unpaired) electrons. The summed E-state index contributed by atoms with van der Waals surface area (Å²) in [6.45, 7) is 3.12. The van der Waals surface area contributed by atoms with Crippen molar-refractivity contribution in [3.8, 4) is 0 Å². The minimum absolute atomic E-state index is 0.0325. The number of carbonyl (C=O) groups excluding carboxylic acids is 2. The van der Waals surface area contributed by atoms with Crippen molar-refractivity contribution in [2.45, 2.75) is 83.7 Å². The van der Waals surface area contributed by atoms with E-state index in [1.54, 1.807) is 21.6 Å². The molecule has 8 heteroatoms. The fourth-order valence-corrected chi connectivity index (χ4v) is 5.02. The van der Waals surface area contributed by atoms with Crippen molar-refractivity contribution >= 4 is 33.4 Å². The Balaban J connectivity index is 3.53. The summed E-state index contributed by atoms with van der Waals surface area (Å²) in [5, 5.41) is 23.8. The maximum Gasteiger partial charge on any atom is 0.220 e. The molecule has 0 aromatic heterocycles. The van der Waals surface area contributed by atoms with E-state index in [1.807, 2.05) is 0 Å². The van der Waals surface area contributed by atoms with Crippen LogP contribution in [0.3, 0.4) is 0 Å². The number of aliphatic hydroxyl groups excluding tert-OH is 2. The van der Waals surface area contributed by atoms with Crippen molar-refractivity contribution in [2.24, 2.45) is 0 Å². The highest BCUT2D eigenvalue weighted by Gasteiger charge is 2.05. The van der Waals surface area contributed by atoms with Crippen LogP contribution in [-0.4, -0.2) is 59.3 Å². The van der Waals surface area contributed by atoms with Gasteiger partial charge in [0.05, 0.1) is 12.7 Å². The highest BCUT2D eigenvalue weighted by molar-refractivity contribution is 8.76. The highest BCUT2D eigenvalue weighted by Crippen LogP contribution is 2.19. The standard InChI is InChI=1S/C32H52N2O4S2/c1-2-3-4-5-6-7-8-9-10-11-12-13-14-15-16-17-18-19-20-23-31(37)33-25-27-39-40-28-26-34-32(38)24-21-22-30(36)29-35/h3-4,6-7,9-10,12-13,15-16,18-19,30,35-36H,2,5,8,11,14,17,20-29H2,1H3,(H,33,37)(H,34,38)/b4-3-,7-6-,10-9-,13-12-,16-15-,19-18-. The first kappa shape index (κ1) is 38.0. The number of amides is 2. The Morgan fingerprint density at radius 1 is 0.675 bits per heavy atom. The van der Waals surface area contributed by atoms with E-state index < -0.39 is 6.10 Å². The molecular weight excluding hydrogens is 540 g/mol. The van der Waals surface area contributed by atoms with Crippen molar-refractivity contribution in [2.75, 3.05) is 31.2 Å². The van der Waals surface area contributed by atoms with Crippen LogP contribution in [0.4, 0.5) is 0 Å². The number of aliphatic hydroxyl groups is 2. The third kappa shape index (κ3) is 30.5. The lowest BCUT2D eigenvalue weighted by Gasteiger charge is -2.07. The van der Waals surface area contributed by atoms with Crippen molar-refractivity contribution < 1.29 is 19.8 Å². The molecule has 0 heterocycles. The Morgan fingerprint density at radius 3 is 1.55 bits per heavy atom. The zero-order valence-electron chi connectivity index (χ0n) is 24.3. The van der Waals surface area contributed by atoms with Crippen LogP contribution >= 0.6 is 21.6 Å². The molecule has 2 amide bonds. The fourth-order valence-electron chi connectivity index (χ4n) is 3.20. The van der Waals surface area contributed by atoms with E-state index in [4.69, 9.17) is 5.11 Å².